The molecule has 10 nitrogen and oxygen atoms in total. The summed E-state index contributed by atoms with van der Waals surface area (Å²) in [6, 6.07) is 3.04. The molecule has 0 unspecified atom stereocenters. The van der Waals surface area contributed by atoms with E-state index in [1.165, 1.54) is 18.9 Å². The molecule has 6 rings (SSSR count). The largest absolute Gasteiger partial charge is 0.418 e. The third kappa shape index (κ3) is 7.10. The van der Waals surface area contributed by atoms with Gasteiger partial charge in [0.1, 0.15) is 6.04 Å². The molecule has 3 saturated heterocycles. The molecule has 3 fully saturated rings. The molecular formula is C31H39BrF3N7O3S. The van der Waals surface area contributed by atoms with Gasteiger partial charge in [-0.15, -0.1) is 11.3 Å². The second kappa shape index (κ2) is 13.6. The molecule has 1 aromatic heterocycles. The lowest BCUT2D eigenvalue weighted by molar-refractivity contribution is -0.137. The van der Waals surface area contributed by atoms with E-state index in [-0.39, 0.29) is 34.4 Å². The topological polar surface area (TPSA) is 114 Å². The molecule has 0 bridgehead atoms. The normalized spacial score (nSPS) is 20.9. The van der Waals surface area contributed by atoms with Gasteiger partial charge in [0.2, 0.25) is 5.91 Å². The van der Waals surface area contributed by atoms with E-state index in [4.69, 9.17) is 5.73 Å². The number of fused-ring (bicyclic) bond motifs is 1. The number of piperidine rings is 2. The summed E-state index contributed by atoms with van der Waals surface area (Å²) in [4.78, 5) is 49.0. The third-order valence-corrected chi connectivity index (χ3v) is 11.3. The number of carbonyl (C=O) groups excluding carboxylic acids is 3. The molecule has 46 heavy (non-hydrogen) atoms. The first-order chi connectivity index (χ1) is 22.0. The van der Waals surface area contributed by atoms with Crippen LogP contribution in [-0.2, 0) is 23.9 Å². The standard InChI is InChI=1S/C31H39BrF3N7O3S/c32-23-16-19(15-22(27(23)36)31(33,34)35)17-25(28(43)40-10-3-20(4-11-40)39-8-1-2-9-39)38-29(44)41-12-5-21(6-13-41)42-18-26-24(7-14-46-26)37-30(42)45/h7,14-16,20-21,25H,1-6,8-13,17-18,36H2,(H,37,45)(H,38,44)/t25-/m1/s1. The average molecular weight is 727 g/mol. The number of thiophene rings is 1. The number of nitrogens with zero attached hydrogens (tertiary/aromatic N) is 4. The highest BCUT2D eigenvalue weighted by Gasteiger charge is 2.38. The van der Waals surface area contributed by atoms with Gasteiger partial charge in [-0.05, 0) is 96.7 Å². The van der Waals surface area contributed by atoms with Gasteiger partial charge in [-0.1, -0.05) is 0 Å². The first-order valence-corrected chi connectivity index (χ1v) is 17.5. The van der Waals surface area contributed by atoms with Crippen LogP contribution in [0.25, 0.3) is 0 Å². The van der Waals surface area contributed by atoms with Crippen molar-refractivity contribution in [3.8, 4) is 0 Å². The zero-order valence-corrected chi connectivity index (χ0v) is 27.9. The van der Waals surface area contributed by atoms with E-state index in [0.717, 1.165) is 42.6 Å². The number of carbonyl (C=O) groups is 3. The van der Waals surface area contributed by atoms with E-state index < -0.39 is 29.5 Å². The van der Waals surface area contributed by atoms with Crippen LogP contribution in [0.1, 0.15) is 54.5 Å². The van der Waals surface area contributed by atoms with E-state index in [0.29, 0.717) is 51.6 Å². The third-order valence-electron chi connectivity index (χ3n) is 9.72. The number of halogens is 4. The molecule has 0 spiro atoms. The Labute approximate surface area is 278 Å². The number of benzene rings is 1. The Kier molecular flexibility index (Phi) is 9.72. The van der Waals surface area contributed by atoms with Crippen molar-refractivity contribution in [2.75, 3.05) is 50.3 Å². The maximum absolute atomic E-state index is 13.9. The summed E-state index contributed by atoms with van der Waals surface area (Å²) < 4.78 is 41.4. The summed E-state index contributed by atoms with van der Waals surface area (Å²) in [6.45, 7) is 4.48. The van der Waals surface area contributed by atoms with Gasteiger partial charge in [-0.25, -0.2) is 9.59 Å². The number of hydrogen-bond donors (Lipinski definition) is 3. The van der Waals surface area contributed by atoms with E-state index >= 15 is 0 Å². The number of alkyl halides is 3. The van der Waals surface area contributed by atoms with Crippen molar-refractivity contribution in [3.63, 3.8) is 0 Å². The highest BCUT2D eigenvalue weighted by molar-refractivity contribution is 9.10. The fourth-order valence-corrected chi connectivity index (χ4v) is 8.48. The van der Waals surface area contributed by atoms with Crippen molar-refractivity contribution in [3.05, 3.63) is 44.1 Å². The Balaban J connectivity index is 1.13. The van der Waals surface area contributed by atoms with Crippen LogP contribution in [-0.4, -0.2) is 95.0 Å². The molecule has 0 radical (unpaired) electrons. The van der Waals surface area contributed by atoms with E-state index in [2.05, 4.69) is 31.5 Å². The van der Waals surface area contributed by atoms with Crippen LogP contribution in [0, 0.1) is 0 Å². The number of amides is 5. The molecule has 4 aliphatic heterocycles. The number of rotatable bonds is 6. The van der Waals surface area contributed by atoms with Gasteiger partial charge < -0.3 is 36.0 Å². The van der Waals surface area contributed by atoms with Gasteiger partial charge in [-0.3, -0.25) is 4.79 Å². The van der Waals surface area contributed by atoms with Gasteiger partial charge in [0.05, 0.1) is 23.5 Å². The lowest BCUT2D eigenvalue weighted by Crippen LogP contribution is -2.57. The second-order valence-corrected chi connectivity index (χ2v) is 14.4. The summed E-state index contributed by atoms with van der Waals surface area (Å²) in [6.07, 6.45) is 0.361. The van der Waals surface area contributed by atoms with Crippen molar-refractivity contribution in [1.82, 2.24) is 24.9 Å². The van der Waals surface area contributed by atoms with Crippen molar-refractivity contribution in [2.45, 2.75) is 75.8 Å². The van der Waals surface area contributed by atoms with Gasteiger partial charge in [0, 0.05) is 54.0 Å². The molecule has 5 heterocycles. The fraction of sp³-hybridized carbons (Fsp3) is 0.581. The maximum Gasteiger partial charge on any atom is 0.418 e. The van der Waals surface area contributed by atoms with Crippen LogP contribution in [0.2, 0.25) is 0 Å². The van der Waals surface area contributed by atoms with E-state index in [9.17, 15) is 27.6 Å². The molecule has 4 N–H and O–H groups in total. The zero-order valence-electron chi connectivity index (χ0n) is 25.5. The Morgan fingerprint density at radius 3 is 2.35 bits per heavy atom. The molecule has 0 aliphatic carbocycles. The molecule has 1 atom stereocenters. The van der Waals surface area contributed by atoms with Crippen LogP contribution in [0.15, 0.2) is 28.1 Å². The molecule has 2 aromatic rings. The highest BCUT2D eigenvalue weighted by Crippen LogP contribution is 2.38. The summed E-state index contributed by atoms with van der Waals surface area (Å²) >= 11 is 4.73. The number of hydrogen-bond acceptors (Lipinski definition) is 6. The Bertz CT molecular complexity index is 1450. The van der Waals surface area contributed by atoms with Gasteiger partial charge in [0.25, 0.3) is 0 Å². The number of urea groups is 2. The van der Waals surface area contributed by atoms with Crippen molar-refractivity contribution in [2.24, 2.45) is 0 Å². The van der Waals surface area contributed by atoms with Crippen LogP contribution in [0.5, 0.6) is 0 Å². The minimum atomic E-state index is -4.68. The summed E-state index contributed by atoms with van der Waals surface area (Å²) in [7, 11) is 0. The molecule has 0 saturated carbocycles. The Morgan fingerprint density at radius 1 is 1.02 bits per heavy atom. The number of nitrogen functional groups attached to an aromatic ring is 1. The fourth-order valence-electron chi connectivity index (χ4n) is 7.14. The van der Waals surface area contributed by atoms with Gasteiger partial charge in [-0.2, -0.15) is 13.2 Å². The minimum Gasteiger partial charge on any atom is -0.397 e. The number of nitrogens with two attached hydrogens (primary N) is 1. The average Bonchev–Trinajstić information content (AvgIpc) is 3.74. The first kappa shape index (κ1) is 32.9. The lowest BCUT2D eigenvalue weighted by atomic mass is 9.98. The molecule has 250 valence electrons. The molecule has 15 heteroatoms. The number of likely N-dealkylation sites (tertiary alicyclic amines) is 3. The zero-order chi connectivity index (χ0) is 32.6. The molecule has 5 amide bonds. The highest BCUT2D eigenvalue weighted by atomic mass is 79.9. The van der Waals surface area contributed by atoms with E-state index in [1.54, 1.807) is 21.1 Å². The summed E-state index contributed by atoms with van der Waals surface area (Å²) in [5.41, 5.74) is 5.40. The quantitative estimate of drug-likeness (QED) is 0.349. The van der Waals surface area contributed by atoms with Crippen molar-refractivity contribution in [1.29, 1.82) is 0 Å². The summed E-state index contributed by atoms with van der Waals surface area (Å²) in [5, 5.41) is 7.75. The maximum atomic E-state index is 13.9. The predicted octanol–water partition coefficient (Wildman–Crippen LogP) is 5.33. The smallest absolute Gasteiger partial charge is 0.397 e. The first-order valence-electron chi connectivity index (χ1n) is 15.9. The van der Waals surface area contributed by atoms with Crippen LogP contribution < -0.4 is 16.4 Å². The monoisotopic (exact) mass is 725 g/mol. The van der Waals surface area contributed by atoms with Gasteiger partial charge >= 0.3 is 18.2 Å². The Morgan fingerprint density at radius 2 is 1.67 bits per heavy atom. The van der Waals surface area contributed by atoms with Crippen LogP contribution in [0.4, 0.5) is 34.1 Å². The number of anilines is 2. The predicted molar refractivity (Wildman–Crippen MR) is 173 cm³/mol. The molecule has 4 aliphatic rings. The molecular weight excluding hydrogens is 687 g/mol. The van der Waals surface area contributed by atoms with Crippen LogP contribution in [0.3, 0.4) is 0 Å². The van der Waals surface area contributed by atoms with Crippen molar-refractivity contribution >= 4 is 56.6 Å². The number of nitrogens with one attached hydrogen (secondary N) is 2. The van der Waals surface area contributed by atoms with Crippen LogP contribution >= 0.6 is 27.3 Å². The Hall–Kier alpha value is -3.04. The SMILES string of the molecule is Nc1c(Br)cc(C[C@@H](NC(=O)N2CCC(N3Cc4sccc4NC3=O)CC2)C(=O)N2CCC(N3CCCC3)CC2)cc1C(F)(F)F. The van der Waals surface area contributed by atoms with Gasteiger partial charge in [0.15, 0.2) is 0 Å². The molecule has 1 aromatic carbocycles. The minimum absolute atomic E-state index is 0.0402. The summed E-state index contributed by atoms with van der Waals surface area (Å²) in [5.74, 6) is -0.304. The van der Waals surface area contributed by atoms with Crippen molar-refractivity contribution < 1.29 is 27.6 Å². The second-order valence-electron chi connectivity index (χ2n) is 12.6. The van der Waals surface area contributed by atoms with E-state index in [1.807, 2.05) is 16.3 Å². The lowest BCUT2D eigenvalue weighted by Gasteiger charge is -2.40.